The molecule has 0 unspecified atom stereocenters. The lowest BCUT2D eigenvalue weighted by Gasteiger charge is -2.30. The number of nitrogens with one attached hydrogen (secondary N) is 1. The molecule has 1 N–H and O–H groups in total. The minimum atomic E-state index is -0.128. The number of ketones is 1. The van der Waals surface area contributed by atoms with Gasteiger partial charge in [-0.1, -0.05) is 0 Å². The highest BCUT2D eigenvalue weighted by molar-refractivity contribution is 6.09. The lowest BCUT2D eigenvalue weighted by atomic mass is 10.1. The van der Waals surface area contributed by atoms with Gasteiger partial charge in [0.15, 0.2) is 5.78 Å². The highest BCUT2D eigenvalue weighted by Crippen LogP contribution is 2.33. The number of benzene rings is 2. The van der Waals surface area contributed by atoms with Crippen molar-refractivity contribution < 1.29 is 14.3 Å². The van der Waals surface area contributed by atoms with E-state index in [-0.39, 0.29) is 11.7 Å². The summed E-state index contributed by atoms with van der Waals surface area (Å²) in [4.78, 5) is 33.4. The lowest BCUT2D eigenvalue weighted by molar-refractivity contribution is 0.0973. The Balaban J connectivity index is 1.75. The molecule has 6 nitrogen and oxygen atoms in total. The third-order valence-corrected chi connectivity index (χ3v) is 4.14. The van der Waals surface area contributed by atoms with Crippen LogP contribution in [0.1, 0.15) is 27.6 Å². The first-order valence-electron chi connectivity index (χ1n) is 7.66. The second kappa shape index (κ2) is 5.49. The van der Waals surface area contributed by atoms with Crippen molar-refractivity contribution in [1.29, 1.82) is 0 Å². The Morgan fingerprint density at radius 3 is 2.83 bits per heavy atom. The number of rotatable bonds is 2. The van der Waals surface area contributed by atoms with Crippen molar-refractivity contribution in [3.8, 4) is 5.75 Å². The standard InChI is InChI=1S/C18H15N3O3/c1-11(22)12-3-5-17-16(9-12)21(6-7-24-17)18(23)13-2-4-14-15(8-13)20-10-19-14/h2-5,8-10H,6-7H2,1H3,(H,19,20). The molecule has 1 aromatic heterocycles. The van der Waals surface area contributed by atoms with Crippen LogP contribution in [0.25, 0.3) is 11.0 Å². The van der Waals surface area contributed by atoms with Crippen LogP contribution in [0.15, 0.2) is 42.7 Å². The van der Waals surface area contributed by atoms with E-state index >= 15 is 0 Å². The quantitative estimate of drug-likeness (QED) is 0.737. The van der Waals surface area contributed by atoms with Crippen molar-refractivity contribution in [3.05, 3.63) is 53.9 Å². The van der Waals surface area contributed by atoms with Gasteiger partial charge in [0.1, 0.15) is 12.4 Å². The third kappa shape index (κ3) is 2.32. The molecule has 0 radical (unpaired) electrons. The molecule has 2 heterocycles. The average molecular weight is 321 g/mol. The van der Waals surface area contributed by atoms with Gasteiger partial charge in [0.25, 0.3) is 5.91 Å². The molecule has 0 aliphatic carbocycles. The smallest absolute Gasteiger partial charge is 0.258 e. The van der Waals surface area contributed by atoms with Gasteiger partial charge in [-0.2, -0.15) is 0 Å². The topological polar surface area (TPSA) is 75.3 Å². The molecule has 0 saturated heterocycles. The average Bonchev–Trinajstić information content (AvgIpc) is 3.07. The van der Waals surface area contributed by atoms with Gasteiger partial charge in [-0.25, -0.2) is 4.98 Å². The number of fused-ring (bicyclic) bond motifs is 2. The predicted octanol–water partition coefficient (Wildman–Crippen LogP) is 2.80. The molecule has 3 aromatic rings. The van der Waals surface area contributed by atoms with Crippen LogP contribution in [0, 0.1) is 0 Å². The van der Waals surface area contributed by atoms with Crippen LogP contribution in [-0.2, 0) is 0 Å². The van der Waals surface area contributed by atoms with Gasteiger partial charge in [0.2, 0.25) is 0 Å². The Morgan fingerprint density at radius 1 is 1.17 bits per heavy atom. The summed E-state index contributed by atoms with van der Waals surface area (Å²) >= 11 is 0. The van der Waals surface area contributed by atoms with Gasteiger partial charge in [0.05, 0.1) is 29.6 Å². The van der Waals surface area contributed by atoms with E-state index in [2.05, 4.69) is 9.97 Å². The summed E-state index contributed by atoms with van der Waals surface area (Å²) in [6.07, 6.45) is 1.60. The van der Waals surface area contributed by atoms with Crippen LogP contribution in [-0.4, -0.2) is 34.8 Å². The van der Waals surface area contributed by atoms with Crippen molar-refractivity contribution in [2.24, 2.45) is 0 Å². The Kier molecular flexibility index (Phi) is 3.30. The van der Waals surface area contributed by atoms with Crippen molar-refractivity contribution in [1.82, 2.24) is 9.97 Å². The highest BCUT2D eigenvalue weighted by Gasteiger charge is 2.25. The first-order valence-corrected chi connectivity index (χ1v) is 7.66. The molecule has 1 aliphatic heterocycles. The molecule has 2 aromatic carbocycles. The third-order valence-electron chi connectivity index (χ3n) is 4.14. The fraction of sp³-hybridized carbons (Fsp3) is 0.167. The Bertz CT molecular complexity index is 961. The number of ether oxygens (including phenoxy) is 1. The number of aromatic nitrogens is 2. The molecular weight excluding hydrogens is 306 g/mol. The summed E-state index contributed by atoms with van der Waals surface area (Å²) in [5.74, 6) is 0.439. The first-order chi connectivity index (χ1) is 11.6. The minimum absolute atomic E-state index is 0.0466. The predicted molar refractivity (Wildman–Crippen MR) is 89.7 cm³/mol. The summed E-state index contributed by atoms with van der Waals surface area (Å²) in [6.45, 7) is 2.36. The maximum absolute atomic E-state index is 13.0. The number of amides is 1. The van der Waals surface area contributed by atoms with E-state index in [1.807, 2.05) is 6.07 Å². The molecule has 1 amide bonds. The van der Waals surface area contributed by atoms with E-state index in [9.17, 15) is 9.59 Å². The lowest BCUT2D eigenvalue weighted by Crippen LogP contribution is -2.38. The van der Waals surface area contributed by atoms with Crippen LogP contribution in [0.5, 0.6) is 5.75 Å². The van der Waals surface area contributed by atoms with E-state index in [0.29, 0.717) is 35.7 Å². The molecule has 0 saturated carbocycles. The summed E-state index contributed by atoms with van der Waals surface area (Å²) in [6, 6.07) is 10.5. The SMILES string of the molecule is CC(=O)c1ccc2c(c1)N(C(=O)c1ccc3nc[nH]c3c1)CCO2. The fourth-order valence-corrected chi connectivity index (χ4v) is 2.87. The molecule has 0 fully saturated rings. The largest absolute Gasteiger partial charge is 0.490 e. The normalized spacial score (nSPS) is 13.5. The number of Topliss-reactive ketones (excluding diaryl/α,β-unsaturated/α-hetero) is 1. The minimum Gasteiger partial charge on any atom is -0.490 e. The molecule has 24 heavy (non-hydrogen) atoms. The molecule has 6 heteroatoms. The van der Waals surface area contributed by atoms with Gasteiger partial charge in [-0.05, 0) is 43.3 Å². The second-order valence-corrected chi connectivity index (χ2v) is 5.68. The van der Waals surface area contributed by atoms with Crippen LogP contribution in [0.2, 0.25) is 0 Å². The number of aromatic amines is 1. The number of nitrogens with zero attached hydrogens (tertiary/aromatic N) is 2. The first kappa shape index (κ1) is 14.4. The zero-order chi connectivity index (χ0) is 16.7. The second-order valence-electron chi connectivity index (χ2n) is 5.68. The molecule has 4 rings (SSSR count). The van der Waals surface area contributed by atoms with E-state index in [1.54, 1.807) is 41.6 Å². The van der Waals surface area contributed by atoms with Crippen LogP contribution in [0.4, 0.5) is 5.69 Å². The van der Waals surface area contributed by atoms with Gasteiger partial charge in [-0.3, -0.25) is 9.59 Å². The van der Waals surface area contributed by atoms with Crippen molar-refractivity contribution in [2.45, 2.75) is 6.92 Å². The summed E-state index contributed by atoms with van der Waals surface area (Å²) in [5.41, 5.74) is 3.37. The van der Waals surface area contributed by atoms with E-state index in [0.717, 1.165) is 11.0 Å². The summed E-state index contributed by atoms with van der Waals surface area (Å²) < 4.78 is 5.61. The summed E-state index contributed by atoms with van der Waals surface area (Å²) in [7, 11) is 0. The number of hydrogen-bond donors (Lipinski definition) is 1. The van der Waals surface area contributed by atoms with E-state index in [4.69, 9.17) is 4.74 Å². The van der Waals surface area contributed by atoms with Crippen molar-refractivity contribution in [2.75, 3.05) is 18.1 Å². The van der Waals surface area contributed by atoms with Gasteiger partial charge in [-0.15, -0.1) is 0 Å². The maximum atomic E-state index is 13.0. The molecule has 0 atom stereocenters. The Morgan fingerprint density at radius 2 is 2.00 bits per heavy atom. The Labute approximate surface area is 138 Å². The molecule has 1 aliphatic rings. The van der Waals surface area contributed by atoms with Crippen LogP contribution < -0.4 is 9.64 Å². The molecule has 0 spiro atoms. The molecule has 0 bridgehead atoms. The Hall–Kier alpha value is -3.15. The number of carbonyl (C=O) groups is 2. The molecular formula is C18H15N3O3. The number of carbonyl (C=O) groups excluding carboxylic acids is 2. The van der Waals surface area contributed by atoms with Crippen molar-refractivity contribution in [3.63, 3.8) is 0 Å². The number of H-pyrrole nitrogens is 1. The van der Waals surface area contributed by atoms with Gasteiger partial charge < -0.3 is 14.6 Å². The van der Waals surface area contributed by atoms with E-state index < -0.39 is 0 Å². The van der Waals surface area contributed by atoms with Gasteiger partial charge in [0, 0.05) is 11.1 Å². The maximum Gasteiger partial charge on any atom is 0.258 e. The zero-order valence-electron chi connectivity index (χ0n) is 13.1. The monoisotopic (exact) mass is 321 g/mol. The van der Waals surface area contributed by atoms with Crippen molar-refractivity contribution >= 4 is 28.4 Å². The van der Waals surface area contributed by atoms with E-state index in [1.165, 1.54) is 6.92 Å². The van der Waals surface area contributed by atoms with Crippen LogP contribution >= 0.6 is 0 Å². The fourth-order valence-electron chi connectivity index (χ4n) is 2.87. The highest BCUT2D eigenvalue weighted by atomic mass is 16.5. The number of hydrogen-bond acceptors (Lipinski definition) is 4. The van der Waals surface area contributed by atoms with Gasteiger partial charge >= 0.3 is 0 Å². The number of imidazole rings is 1. The van der Waals surface area contributed by atoms with Crippen LogP contribution in [0.3, 0.4) is 0 Å². The zero-order valence-corrected chi connectivity index (χ0v) is 13.1. The number of anilines is 1. The summed E-state index contributed by atoms with van der Waals surface area (Å²) in [5, 5.41) is 0. The molecule has 120 valence electrons.